The van der Waals surface area contributed by atoms with Crippen LogP contribution < -0.4 is 0 Å². The fraction of sp³-hybridized carbons (Fsp3) is 0.900. The average Bonchev–Trinajstić information content (AvgIpc) is 2.96. The van der Waals surface area contributed by atoms with Gasteiger partial charge in [0.1, 0.15) is 6.10 Å². The second kappa shape index (κ2) is 3.87. The largest absolute Gasteiger partial charge is 0.462 e. The molecule has 2 fully saturated rings. The molecule has 0 unspecified atom stereocenters. The molecule has 0 aromatic heterocycles. The first-order chi connectivity index (χ1) is 6.72. The van der Waals surface area contributed by atoms with Gasteiger partial charge in [-0.15, -0.1) is 0 Å². The summed E-state index contributed by atoms with van der Waals surface area (Å²) in [6, 6.07) is 0. The predicted octanol–water partition coefficient (Wildman–Crippen LogP) is 0.0714. The van der Waals surface area contributed by atoms with Crippen molar-refractivity contribution < 1.29 is 19.7 Å². The van der Waals surface area contributed by atoms with Crippen LogP contribution in [-0.4, -0.2) is 35.0 Å². The molecule has 80 valence electrons. The third-order valence-corrected chi connectivity index (χ3v) is 3.20. The van der Waals surface area contributed by atoms with Crippen molar-refractivity contribution in [1.82, 2.24) is 0 Å². The van der Waals surface area contributed by atoms with E-state index in [0.29, 0.717) is 6.42 Å². The van der Waals surface area contributed by atoms with Crippen LogP contribution in [0.25, 0.3) is 0 Å². The molecule has 4 atom stereocenters. The minimum atomic E-state index is -0.638. The van der Waals surface area contributed by atoms with Crippen LogP contribution in [0.15, 0.2) is 0 Å². The quantitative estimate of drug-likeness (QED) is 0.633. The normalized spacial score (nSPS) is 39.0. The smallest absolute Gasteiger partial charge is 0.306 e. The lowest BCUT2D eigenvalue weighted by Gasteiger charge is -2.22. The summed E-state index contributed by atoms with van der Waals surface area (Å²) in [4.78, 5) is 11.0. The van der Waals surface area contributed by atoms with Gasteiger partial charge in [-0.2, -0.15) is 0 Å². The van der Waals surface area contributed by atoms with Crippen LogP contribution in [0.2, 0.25) is 0 Å². The Balaban J connectivity index is 1.83. The summed E-state index contributed by atoms with van der Waals surface area (Å²) < 4.78 is 5.20. The van der Waals surface area contributed by atoms with Gasteiger partial charge >= 0.3 is 5.97 Å². The maximum atomic E-state index is 11.0. The van der Waals surface area contributed by atoms with Crippen molar-refractivity contribution in [3.8, 4) is 0 Å². The van der Waals surface area contributed by atoms with Crippen molar-refractivity contribution in [2.24, 2.45) is 11.8 Å². The summed E-state index contributed by atoms with van der Waals surface area (Å²) >= 11 is 0. The molecule has 2 N–H and O–H groups in total. The van der Waals surface area contributed by atoms with E-state index in [9.17, 15) is 9.90 Å². The molecule has 1 saturated carbocycles. The highest BCUT2D eigenvalue weighted by Gasteiger charge is 2.48. The molecular formula is C10H16O4. The van der Waals surface area contributed by atoms with E-state index in [1.165, 1.54) is 0 Å². The Morgan fingerprint density at radius 3 is 3.00 bits per heavy atom. The van der Waals surface area contributed by atoms with E-state index in [1.807, 2.05) is 0 Å². The van der Waals surface area contributed by atoms with Crippen LogP contribution in [0, 0.1) is 11.8 Å². The van der Waals surface area contributed by atoms with Crippen molar-refractivity contribution in [1.29, 1.82) is 0 Å². The number of esters is 1. The second-order valence-corrected chi connectivity index (χ2v) is 4.23. The molecule has 0 bridgehead atoms. The van der Waals surface area contributed by atoms with E-state index < -0.39 is 6.10 Å². The van der Waals surface area contributed by atoms with E-state index in [2.05, 4.69) is 0 Å². The minimum absolute atomic E-state index is 0.0116. The number of rotatable bonds is 3. The lowest BCUT2D eigenvalue weighted by atomic mass is 10.0. The molecule has 2 aliphatic rings. The highest BCUT2D eigenvalue weighted by atomic mass is 16.5. The number of carbonyl (C=O) groups excluding carboxylic acids is 1. The summed E-state index contributed by atoms with van der Waals surface area (Å²) in [5.74, 6) is 0.294. The van der Waals surface area contributed by atoms with Crippen LogP contribution in [0.1, 0.15) is 25.7 Å². The molecule has 0 spiro atoms. The van der Waals surface area contributed by atoms with Crippen LogP contribution in [0.3, 0.4) is 0 Å². The fourth-order valence-electron chi connectivity index (χ4n) is 2.28. The molecule has 1 heterocycles. The van der Waals surface area contributed by atoms with Crippen molar-refractivity contribution in [3.63, 3.8) is 0 Å². The average molecular weight is 200 g/mol. The van der Waals surface area contributed by atoms with E-state index in [4.69, 9.17) is 9.84 Å². The summed E-state index contributed by atoms with van der Waals surface area (Å²) in [5, 5.41) is 18.1. The van der Waals surface area contributed by atoms with Crippen LogP contribution >= 0.6 is 0 Å². The molecule has 4 heteroatoms. The van der Waals surface area contributed by atoms with Gasteiger partial charge in [-0.3, -0.25) is 4.79 Å². The summed E-state index contributed by atoms with van der Waals surface area (Å²) in [7, 11) is 0. The molecule has 2 rings (SSSR count). The standard InChI is InChI=1S/C10H16O4/c11-5-8(12)6-4-7(6)9-2-1-3-10(13)14-9/h6-9,11-12H,1-5H2/t6-,7-,8+,9-/m0/s1. The van der Waals surface area contributed by atoms with Crippen LogP contribution in [0.5, 0.6) is 0 Å². The number of carbonyl (C=O) groups is 1. The molecule has 0 radical (unpaired) electrons. The van der Waals surface area contributed by atoms with E-state index in [0.717, 1.165) is 19.3 Å². The van der Waals surface area contributed by atoms with Gasteiger partial charge in [-0.1, -0.05) is 0 Å². The Bertz CT molecular complexity index is 228. The number of aliphatic hydroxyl groups excluding tert-OH is 2. The highest BCUT2D eigenvalue weighted by molar-refractivity contribution is 5.70. The van der Waals surface area contributed by atoms with Gasteiger partial charge in [0, 0.05) is 12.3 Å². The van der Waals surface area contributed by atoms with Crippen molar-refractivity contribution >= 4 is 5.97 Å². The highest BCUT2D eigenvalue weighted by Crippen LogP contribution is 2.46. The maximum absolute atomic E-state index is 11.0. The lowest BCUT2D eigenvalue weighted by molar-refractivity contribution is -0.155. The van der Waals surface area contributed by atoms with E-state index in [-0.39, 0.29) is 30.5 Å². The zero-order valence-corrected chi connectivity index (χ0v) is 8.06. The number of hydrogen-bond donors (Lipinski definition) is 2. The first-order valence-corrected chi connectivity index (χ1v) is 5.20. The molecule has 14 heavy (non-hydrogen) atoms. The van der Waals surface area contributed by atoms with Gasteiger partial charge in [-0.25, -0.2) is 0 Å². The SMILES string of the molecule is O=C1CCC[C@@H]([C@H]2C[C@@H]2[C@H](O)CO)O1. The van der Waals surface area contributed by atoms with Gasteiger partial charge in [0.2, 0.25) is 0 Å². The molecule has 1 aliphatic heterocycles. The van der Waals surface area contributed by atoms with Crippen LogP contribution in [-0.2, 0) is 9.53 Å². The third kappa shape index (κ3) is 1.91. The fourth-order valence-corrected chi connectivity index (χ4v) is 2.28. The Kier molecular flexibility index (Phi) is 2.74. The summed E-state index contributed by atoms with van der Waals surface area (Å²) in [6.45, 7) is -0.193. The van der Waals surface area contributed by atoms with E-state index >= 15 is 0 Å². The Morgan fingerprint density at radius 2 is 2.36 bits per heavy atom. The van der Waals surface area contributed by atoms with Gasteiger partial charge in [0.25, 0.3) is 0 Å². The first kappa shape index (κ1) is 9.93. The van der Waals surface area contributed by atoms with Crippen molar-refractivity contribution in [2.75, 3.05) is 6.61 Å². The summed E-state index contributed by atoms with van der Waals surface area (Å²) in [5.41, 5.74) is 0. The number of aliphatic hydroxyl groups is 2. The molecule has 0 aromatic carbocycles. The first-order valence-electron chi connectivity index (χ1n) is 5.20. The molecule has 0 aromatic rings. The van der Waals surface area contributed by atoms with Crippen LogP contribution in [0.4, 0.5) is 0 Å². The third-order valence-electron chi connectivity index (χ3n) is 3.20. The van der Waals surface area contributed by atoms with Crippen molar-refractivity contribution in [2.45, 2.75) is 37.9 Å². The molecule has 4 nitrogen and oxygen atoms in total. The Hall–Kier alpha value is -0.610. The number of ether oxygens (including phenoxy) is 1. The molecule has 1 aliphatic carbocycles. The Labute approximate surface area is 82.9 Å². The lowest BCUT2D eigenvalue weighted by Crippen LogP contribution is -2.28. The Morgan fingerprint density at radius 1 is 1.57 bits per heavy atom. The summed E-state index contributed by atoms with van der Waals surface area (Å²) in [6.07, 6.45) is 2.55. The topological polar surface area (TPSA) is 66.8 Å². The molecule has 1 saturated heterocycles. The van der Waals surface area contributed by atoms with Crippen molar-refractivity contribution in [3.05, 3.63) is 0 Å². The second-order valence-electron chi connectivity index (χ2n) is 4.23. The van der Waals surface area contributed by atoms with Gasteiger partial charge < -0.3 is 14.9 Å². The maximum Gasteiger partial charge on any atom is 0.306 e. The molecule has 0 amide bonds. The monoisotopic (exact) mass is 200 g/mol. The number of hydrogen-bond acceptors (Lipinski definition) is 4. The van der Waals surface area contributed by atoms with Gasteiger partial charge in [0.05, 0.1) is 12.7 Å². The van der Waals surface area contributed by atoms with E-state index in [1.54, 1.807) is 0 Å². The minimum Gasteiger partial charge on any atom is -0.462 e. The zero-order chi connectivity index (χ0) is 10.1. The zero-order valence-electron chi connectivity index (χ0n) is 8.06. The van der Waals surface area contributed by atoms with Gasteiger partial charge in [-0.05, 0) is 25.2 Å². The van der Waals surface area contributed by atoms with Gasteiger partial charge in [0.15, 0.2) is 0 Å². The molecular weight excluding hydrogens is 184 g/mol. The number of cyclic esters (lactones) is 1. The predicted molar refractivity (Wildman–Crippen MR) is 48.4 cm³/mol.